The number of benzene rings is 2. The Morgan fingerprint density at radius 1 is 0.822 bits per heavy atom. The number of allylic oxidation sites excluding steroid dienone is 2. The molecule has 10 nitrogen and oxygen atoms in total. The van der Waals surface area contributed by atoms with E-state index in [2.05, 4.69) is 20.1 Å². The van der Waals surface area contributed by atoms with Gasteiger partial charge in [0, 0.05) is 11.1 Å². The number of carbonyl (C=O) groups excluding carboxylic acids is 4. The molecule has 1 unspecified atom stereocenters. The van der Waals surface area contributed by atoms with Crippen molar-refractivity contribution in [3.63, 3.8) is 0 Å². The topological polar surface area (TPSA) is 124 Å². The number of carbonyl (C=O) groups is 4. The van der Waals surface area contributed by atoms with Gasteiger partial charge in [-0.05, 0) is 93.3 Å². The molecule has 238 valence electrons. The summed E-state index contributed by atoms with van der Waals surface area (Å²) < 4.78 is 32.0. The van der Waals surface area contributed by atoms with E-state index in [1.165, 1.54) is 19.1 Å². The minimum absolute atomic E-state index is 0.260. The maximum Gasteiger partial charge on any atom is 0.343 e. The Bertz CT molecular complexity index is 1470. The lowest BCUT2D eigenvalue weighted by Crippen LogP contribution is -2.21. The molecule has 1 aliphatic rings. The highest BCUT2D eigenvalue weighted by Gasteiger charge is 2.22. The van der Waals surface area contributed by atoms with Crippen LogP contribution >= 0.6 is 0 Å². The quantitative estimate of drug-likeness (QED) is 0.0672. The molecule has 1 atom stereocenters. The lowest BCUT2D eigenvalue weighted by atomic mass is 10.00. The molecule has 0 aromatic heterocycles. The highest BCUT2D eigenvalue weighted by molar-refractivity contribution is 5.91. The van der Waals surface area contributed by atoms with Crippen LogP contribution in [0.2, 0.25) is 0 Å². The average Bonchev–Trinajstić information content (AvgIpc) is 3.02. The van der Waals surface area contributed by atoms with Crippen molar-refractivity contribution < 1.29 is 47.6 Å². The molecule has 0 aliphatic heterocycles. The first-order valence-electron chi connectivity index (χ1n) is 14.5. The van der Waals surface area contributed by atoms with Crippen LogP contribution in [0, 0.1) is 5.92 Å². The minimum Gasteiger partial charge on any atom is -0.458 e. The summed E-state index contributed by atoms with van der Waals surface area (Å²) >= 11 is 0. The lowest BCUT2D eigenvalue weighted by Gasteiger charge is -2.17. The fourth-order valence-corrected chi connectivity index (χ4v) is 3.95. The van der Waals surface area contributed by atoms with Crippen molar-refractivity contribution >= 4 is 23.9 Å². The second-order valence-electron chi connectivity index (χ2n) is 10.3. The van der Waals surface area contributed by atoms with Gasteiger partial charge in [0.1, 0.15) is 23.0 Å². The Kier molecular flexibility index (Phi) is 13.2. The van der Waals surface area contributed by atoms with Gasteiger partial charge in [-0.3, -0.25) is 4.79 Å². The number of hydrogen-bond donors (Lipinski definition) is 0. The Hall–Kier alpha value is -5.12. The summed E-state index contributed by atoms with van der Waals surface area (Å²) in [5, 5.41) is 0. The Labute approximate surface area is 262 Å². The van der Waals surface area contributed by atoms with Gasteiger partial charge in [0.15, 0.2) is 0 Å². The number of unbranched alkanes of at least 4 members (excludes halogenated alkanes) is 2. The third-order valence-electron chi connectivity index (χ3n) is 6.49. The van der Waals surface area contributed by atoms with Crippen LogP contribution in [0.4, 0.5) is 0 Å². The van der Waals surface area contributed by atoms with Crippen molar-refractivity contribution in [2.24, 2.45) is 5.92 Å². The van der Waals surface area contributed by atoms with E-state index < -0.39 is 29.8 Å². The van der Waals surface area contributed by atoms with Crippen LogP contribution in [-0.2, 0) is 35.0 Å². The molecule has 45 heavy (non-hydrogen) atoms. The number of hydrogen-bond acceptors (Lipinski definition) is 10. The highest BCUT2D eigenvalue weighted by Crippen LogP contribution is 2.29. The van der Waals surface area contributed by atoms with E-state index in [0.717, 1.165) is 24.8 Å². The van der Waals surface area contributed by atoms with E-state index in [9.17, 15) is 19.2 Å². The molecule has 0 bridgehead atoms. The SMILES string of the molecule is C=C(C)C(=O)OCOC1=CCC(C(=O)Oc2ccc(OC(=O)c3ccc(OCOC(=O)C(=C)C)cc3)cc2CCCCC)C=C1. The van der Waals surface area contributed by atoms with Gasteiger partial charge in [-0.1, -0.05) is 39.0 Å². The van der Waals surface area contributed by atoms with Crippen LogP contribution in [0.3, 0.4) is 0 Å². The van der Waals surface area contributed by atoms with Crippen molar-refractivity contribution in [1.29, 1.82) is 0 Å². The van der Waals surface area contributed by atoms with Crippen LogP contribution in [0.25, 0.3) is 0 Å². The first kappa shape index (κ1) is 34.4. The smallest absolute Gasteiger partial charge is 0.343 e. The van der Waals surface area contributed by atoms with Gasteiger partial charge in [0.25, 0.3) is 0 Å². The lowest BCUT2D eigenvalue weighted by molar-refractivity contribution is -0.148. The van der Waals surface area contributed by atoms with Crippen molar-refractivity contribution in [2.45, 2.75) is 52.9 Å². The second kappa shape index (κ2) is 17.2. The monoisotopic (exact) mass is 618 g/mol. The zero-order valence-electron chi connectivity index (χ0n) is 25.8. The van der Waals surface area contributed by atoms with Gasteiger partial charge >= 0.3 is 23.9 Å². The highest BCUT2D eigenvalue weighted by atomic mass is 16.7. The molecule has 0 fully saturated rings. The maximum absolute atomic E-state index is 13.0. The van der Waals surface area contributed by atoms with Gasteiger partial charge < -0.3 is 28.4 Å². The van der Waals surface area contributed by atoms with Crippen molar-refractivity contribution in [2.75, 3.05) is 13.6 Å². The van der Waals surface area contributed by atoms with Crippen molar-refractivity contribution in [3.8, 4) is 17.2 Å². The van der Waals surface area contributed by atoms with Crippen LogP contribution in [0.15, 0.2) is 90.8 Å². The van der Waals surface area contributed by atoms with Gasteiger partial charge in [-0.2, -0.15) is 0 Å². The Morgan fingerprint density at radius 3 is 2.07 bits per heavy atom. The fraction of sp³-hybridized carbons (Fsp3) is 0.314. The molecule has 3 rings (SSSR count). The molecule has 10 heteroatoms. The largest absolute Gasteiger partial charge is 0.458 e. The third kappa shape index (κ3) is 11.1. The van der Waals surface area contributed by atoms with Crippen LogP contribution < -0.4 is 14.2 Å². The first-order chi connectivity index (χ1) is 21.6. The molecule has 0 spiro atoms. The summed E-state index contributed by atoms with van der Waals surface area (Å²) in [5.41, 5.74) is 1.57. The molecule has 0 heterocycles. The van der Waals surface area contributed by atoms with Crippen molar-refractivity contribution in [3.05, 3.63) is 102 Å². The molecule has 2 aromatic rings. The molecule has 0 N–H and O–H groups in total. The van der Waals surface area contributed by atoms with E-state index in [0.29, 0.717) is 41.4 Å². The first-order valence-corrected chi connectivity index (χ1v) is 14.5. The number of aryl methyl sites for hydroxylation is 1. The molecule has 0 radical (unpaired) electrons. The molecule has 1 aliphatic carbocycles. The average molecular weight is 619 g/mol. The molecular formula is C35H38O10. The third-order valence-corrected chi connectivity index (χ3v) is 6.49. The zero-order valence-corrected chi connectivity index (χ0v) is 25.8. The zero-order chi connectivity index (χ0) is 32.8. The number of ether oxygens (including phenoxy) is 6. The van der Waals surface area contributed by atoms with E-state index >= 15 is 0 Å². The van der Waals surface area contributed by atoms with Crippen molar-refractivity contribution in [1.82, 2.24) is 0 Å². The maximum atomic E-state index is 13.0. The summed E-state index contributed by atoms with van der Waals surface area (Å²) in [7, 11) is 0. The standard InChI is InChI=1S/C35H38O10/c1-6-7-8-9-27-20-30(44-34(38)25-10-14-28(15-11-25)40-21-42-32(36)23(2)3)18-19-31(27)45-35(39)26-12-16-29(17-13-26)41-22-43-33(37)24(4)5/h10-12,14-20,26H,2,4,6-9,13,21-22H2,1,3,5H3. The summed E-state index contributed by atoms with van der Waals surface area (Å²) in [6.45, 7) is 11.6. The minimum atomic E-state index is -0.578. The summed E-state index contributed by atoms with van der Waals surface area (Å²) in [6, 6.07) is 11.1. The van der Waals surface area contributed by atoms with Gasteiger partial charge in [-0.15, -0.1) is 0 Å². The van der Waals surface area contributed by atoms with Crippen LogP contribution in [-0.4, -0.2) is 37.5 Å². The van der Waals surface area contributed by atoms with Crippen LogP contribution in [0.5, 0.6) is 17.2 Å². The summed E-state index contributed by atoms with van der Waals surface area (Å²) in [5.74, 6) is -1.06. The van der Waals surface area contributed by atoms with E-state index in [-0.39, 0.29) is 24.7 Å². The molecule has 0 saturated heterocycles. The van der Waals surface area contributed by atoms with E-state index in [1.54, 1.807) is 55.5 Å². The number of rotatable bonds is 16. The normalized spacial score (nSPS) is 13.6. The summed E-state index contributed by atoms with van der Waals surface area (Å²) in [4.78, 5) is 48.7. The molecule has 0 saturated carbocycles. The molecule has 0 amide bonds. The van der Waals surface area contributed by atoms with E-state index in [1.807, 2.05) is 0 Å². The predicted octanol–water partition coefficient (Wildman–Crippen LogP) is 6.55. The van der Waals surface area contributed by atoms with E-state index in [4.69, 9.17) is 28.4 Å². The number of esters is 4. The molecular weight excluding hydrogens is 580 g/mol. The Morgan fingerprint density at radius 2 is 1.47 bits per heavy atom. The molecule has 2 aromatic carbocycles. The fourth-order valence-electron chi connectivity index (χ4n) is 3.95. The summed E-state index contributed by atoms with van der Waals surface area (Å²) in [6.07, 6.45) is 8.87. The predicted molar refractivity (Wildman–Crippen MR) is 165 cm³/mol. The van der Waals surface area contributed by atoms with Gasteiger partial charge in [-0.25, -0.2) is 14.4 Å². The van der Waals surface area contributed by atoms with Crippen LogP contribution in [0.1, 0.15) is 62.4 Å². The van der Waals surface area contributed by atoms with Gasteiger partial charge in [0.05, 0.1) is 11.5 Å². The second-order valence-corrected chi connectivity index (χ2v) is 10.3. The Balaban J connectivity index is 1.59. The van der Waals surface area contributed by atoms with Gasteiger partial charge in [0.2, 0.25) is 13.6 Å².